The van der Waals surface area contributed by atoms with Crippen LogP contribution in [0.4, 0.5) is 26.3 Å². The molecule has 7 rings (SSSR count). The number of rotatable bonds is 2. The van der Waals surface area contributed by atoms with E-state index in [0.717, 1.165) is 29.8 Å². The number of benzene rings is 4. The Labute approximate surface area is 255 Å². The number of hydrogen-bond donors (Lipinski definition) is 0. The Bertz CT molecular complexity index is 2090. The zero-order chi connectivity index (χ0) is 31.8. The molecule has 0 aliphatic heterocycles. The van der Waals surface area contributed by atoms with E-state index in [1.165, 1.54) is 12.1 Å². The summed E-state index contributed by atoms with van der Waals surface area (Å²) < 4.78 is 83.7. The second kappa shape index (κ2) is 9.93. The normalized spacial score (nSPS) is 17.5. The highest BCUT2D eigenvalue weighted by Crippen LogP contribution is 2.59. The van der Waals surface area contributed by atoms with Gasteiger partial charge in [-0.3, -0.25) is 0 Å². The predicted octanol–water partition coefficient (Wildman–Crippen LogP) is 10.7. The number of nitrogens with zero attached hydrogens (tertiary/aromatic N) is 2. The van der Waals surface area contributed by atoms with E-state index in [0.29, 0.717) is 67.6 Å². The SMILES string of the molecule is C=C1c2cc(C(F)(F)F)ccc2-c2c1c(C1=CC=CCC1C)c1c(c2-c2ccccc2)C(=NC#N)c2cc(C(F)(F)F)ccc2-1. The van der Waals surface area contributed by atoms with Crippen LogP contribution in [-0.2, 0) is 12.4 Å². The number of fused-ring (bicyclic) bond motifs is 6. The minimum Gasteiger partial charge on any atom is -0.172 e. The summed E-state index contributed by atoms with van der Waals surface area (Å²) in [4.78, 5) is 4.12. The lowest BCUT2D eigenvalue weighted by Gasteiger charge is -2.26. The number of hydrogen-bond acceptors (Lipinski definition) is 2. The molecule has 3 aliphatic carbocycles. The van der Waals surface area contributed by atoms with Crippen molar-refractivity contribution in [2.45, 2.75) is 25.7 Å². The summed E-state index contributed by atoms with van der Waals surface area (Å²) in [6.07, 6.45) is -0.883. The lowest BCUT2D eigenvalue weighted by molar-refractivity contribution is -0.138. The van der Waals surface area contributed by atoms with Gasteiger partial charge in [-0.05, 0) is 86.7 Å². The second-order valence-electron chi connectivity index (χ2n) is 11.4. The van der Waals surface area contributed by atoms with Gasteiger partial charge in [-0.2, -0.15) is 36.6 Å². The maximum Gasteiger partial charge on any atom is 0.416 e. The van der Waals surface area contributed by atoms with Gasteiger partial charge in [0.2, 0.25) is 6.19 Å². The fraction of sp³-hybridized carbons (Fsp3) is 0.135. The highest BCUT2D eigenvalue weighted by atomic mass is 19.4. The van der Waals surface area contributed by atoms with Gasteiger partial charge in [-0.25, -0.2) is 0 Å². The molecular formula is C37H22F6N2. The third-order valence-electron chi connectivity index (χ3n) is 8.80. The highest BCUT2D eigenvalue weighted by Gasteiger charge is 2.42. The number of nitriles is 1. The Morgan fingerprint density at radius 2 is 1.33 bits per heavy atom. The molecule has 222 valence electrons. The van der Waals surface area contributed by atoms with Crippen LogP contribution in [0.25, 0.3) is 44.5 Å². The average molecular weight is 609 g/mol. The second-order valence-corrected chi connectivity index (χ2v) is 11.4. The van der Waals surface area contributed by atoms with Crippen LogP contribution in [0.2, 0.25) is 0 Å². The number of aliphatic imine (C=N–C) groups is 1. The van der Waals surface area contributed by atoms with E-state index in [-0.39, 0.29) is 17.2 Å². The molecule has 8 heteroatoms. The van der Waals surface area contributed by atoms with Crippen LogP contribution in [0.5, 0.6) is 0 Å². The van der Waals surface area contributed by atoms with Gasteiger partial charge in [-0.15, -0.1) is 0 Å². The maximum absolute atomic E-state index is 14.0. The third-order valence-corrected chi connectivity index (χ3v) is 8.80. The zero-order valence-electron chi connectivity index (χ0n) is 23.7. The van der Waals surface area contributed by atoms with Crippen molar-refractivity contribution < 1.29 is 26.3 Å². The van der Waals surface area contributed by atoms with Crippen molar-refractivity contribution in [1.29, 1.82) is 5.26 Å². The molecule has 1 atom stereocenters. The van der Waals surface area contributed by atoms with Gasteiger partial charge in [0.25, 0.3) is 0 Å². The molecule has 3 aliphatic rings. The van der Waals surface area contributed by atoms with Crippen LogP contribution in [0.3, 0.4) is 0 Å². The van der Waals surface area contributed by atoms with Crippen LogP contribution in [0.1, 0.15) is 52.3 Å². The van der Waals surface area contributed by atoms with Crippen LogP contribution in [-0.4, -0.2) is 5.71 Å². The minimum atomic E-state index is -4.64. The summed E-state index contributed by atoms with van der Waals surface area (Å²) in [5.74, 6) is -0.0251. The van der Waals surface area contributed by atoms with Crippen LogP contribution in [0, 0.1) is 17.4 Å². The van der Waals surface area contributed by atoms with Gasteiger partial charge >= 0.3 is 12.4 Å². The molecule has 2 nitrogen and oxygen atoms in total. The van der Waals surface area contributed by atoms with E-state index in [1.54, 1.807) is 18.3 Å². The Morgan fingerprint density at radius 3 is 1.93 bits per heavy atom. The summed E-state index contributed by atoms with van der Waals surface area (Å²) in [5, 5.41) is 9.83. The van der Waals surface area contributed by atoms with Gasteiger partial charge in [-0.1, -0.05) is 74.2 Å². The van der Waals surface area contributed by atoms with Gasteiger partial charge in [0.1, 0.15) is 0 Å². The average Bonchev–Trinajstić information content (AvgIpc) is 3.48. The van der Waals surface area contributed by atoms with Crippen LogP contribution >= 0.6 is 0 Å². The molecule has 0 N–H and O–H groups in total. The molecule has 0 aromatic heterocycles. The van der Waals surface area contributed by atoms with Crippen molar-refractivity contribution in [1.82, 2.24) is 0 Å². The fourth-order valence-electron chi connectivity index (χ4n) is 6.84. The van der Waals surface area contributed by atoms with E-state index < -0.39 is 23.5 Å². The summed E-state index contributed by atoms with van der Waals surface area (Å²) in [7, 11) is 0. The third kappa shape index (κ3) is 4.29. The summed E-state index contributed by atoms with van der Waals surface area (Å²) in [6, 6.07) is 16.1. The topological polar surface area (TPSA) is 36.1 Å². The Morgan fingerprint density at radius 1 is 0.733 bits per heavy atom. The van der Waals surface area contributed by atoms with E-state index >= 15 is 0 Å². The lowest BCUT2D eigenvalue weighted by atomic mass is 9.76. The van der Waals surface area contributed by atoms with Crippen molar-refractivity contribution in [2.24, 2.45) is 10.9 Å². The first kappa shape index (κ1) is 28.6. The minimum absolute atomic E-state index is 0.0251. The van der Waals surface area contributed by atoms with E-state index in [2.05, 4.69) is 11.6 Å². The molecule has 0 saturated heterocycles. The molecule has 0 saturated carbocycles. The first-order valence-corrected chi connectivity index (χ1v) is 14.2. The predicted molar refractivity (Wildman–Crippen MR) is 163 cm³/mol. The molecule has 1 unspecified atom stereocenters. The molecule has 0 spiro atoms. The largest absolute Gasteiger partial charge is 0.416 e. The lowest BCUT2D eigenvalue weighted by Crippen LogP contribution is -2.09. The maximum atomic E-state index is 14.0. The molecule has 4 aromatic carbocycles. The number of halogens is 6. The smallest absolute Gasteiger partial charge is 0.172 e. The Balaban J connectivity index is 1.70. The standard InChI is InChI=1S/C37H22F6N2/c1-19-8-6-7-11-24(19)31-29-20(2)27-16-22(36(38,39)40)12-14-25(27)32(29)30(21-9-4-3-5-10-21)34-33(31)26-15-13-23(37(41,42)43)17-28(26)35(34)45-18-44/h3-7,9-17,19H,2,8H2,1H3. The molecule has 0 radical (unpaired) electrons. The molecule has 0 bridgehead atoms. The molecule has 0 heterocycles. The molecule has 45 heavy (non-hydrogen) atoms. The van der Waals surface area contributed by atoms with E-state index in [9.17, 15) is 31.6 Å². The molecule has 0 amide bonds. The monoisotopic (exact) mass is 608 g/mol. The quantitative estimate of drug-likeness (QED) is 0.142. The van der Waals surface area contributed by atoms with Gasteiger partial charge < -0.3 is 0 Å². The van der Waals surface area contributed by atoms with Gasteiger partial charge in [0, 0.05) is 22.3 Å². The summed E-state index contributed by atoms with van der Waals surface area (Å²) in [5.41, 5.74) is 5.36. The van der Waals surface area contributed by atoms with E-state index in [1.807, 2.05) is 43.4 Å². The molecule has 4 aromatic rings. The van der Waals surface area contributed by atoms with Gasteiger partial charge in [0.05, 0.1) is 16.8 Å². The van der Waals surface area contributed by atoms with Crippen molar-refractivity contribution in [2.75, 3.05) is 0 Å². The number of allylic oxidation sites excluding steroid dienone is 4. The highest BCUT2D eigenvalue weighted by molar-refractivity contribution is 6.32. The van der Waals surface area contributed by atoms with Crippen molar-refractivity contribution in [3.8, 4) is 39.6 Å². The van der Waals surface area contributed by atoms with Crippen molar-refractivity contribution in [3.05, 3.63) is 130 Å². The Hall–Kier alpha value is -5.16. The molecular weight excluding hydrogens is 586 g/mol. The molecule has 0 fully saturated rings. The summed E-state index contributed by atoms with van der Waals surface area (Å²) in [6.45, 7) is 6.34. The summed E-state index contributed by atoms with van der Waals surface area (Å²) >= 11 is 0. The van der Waals surface area contributed by atoms with Crippen molar-refractivity contribution in [3.63, 3.8) is 0 Å². The first-order valence-electron chi connectivity index (χ1n) is 14.2. The first-order chi connectivity index (χ1) is 21.4. The van der Waals surface area contributed by atoms with E-state index in [4.69, 9.17) is 0 Å². The Kier molecular flexibility index (Phi) is 6.31. The number of alkyl halides is 6. The fourth-order valence-corrected chi connectivity index (χ4v) is 6.84. The zero-order valence-corrected chi connectivity index (χ0v) is 23.7. The van der Waals surface area contributed by atoms with Crippen LogP contribution < -0.4 is 0 Å². The van der Waals surface area contributed by atoms with Crippen LogP contribution in [0.15, 0.2) is 96.5 Å². The van der Waals surface area contributed by atoms with Gasteiger partial charge in [0.15, 0.2) is 0 Å². The van der Waals surface area contributed by atoms with Crippen molar-refractivity contribution >= 4 is 16.9 Å².